The second-order valence-corrected chi connectivity index (χ2v) is 4.94. The summed E-state index contributed by atoms with van der Waals surface area (Å²) in [6.07, 6.45) is 0. The first kappa shape index (κ1) is 13.0. The van der Waals surface area contributed by atoms with Crippen molar-refractivity contribution in [2.24, 2.45) is 0 Å². The number of nitrogens with zero attached hydrogens (tertiary/aromatic N) is 4. The summed E-state index contributed by atoms with van der Waals surface area (Å²) in [6.45, 7) is 2.53. The van der Waals surface area contributed by atoms with Crippen LogP contribution in [-0.4, -0.2) is 33.9 Å². The summed E-state index contributed by atoms with van der Waals surface area (Å²) < 4.78 is 7.74. The van der Waals surface area contributed by atoms with Crippen LogP contribution in [0.2, 0.25) is 0 Å². The van der Waals surface area contributed by atoms with Gasteiger partial charge in [0.15, 0.2) is 5.82 Å². The predicted molar refractivity (Wildman–Crippen MR) is 72.0 cm³/mol. The predicted octanol–water partition coefficient (Wildman–Crippen LogP) is 1.89. The molecule has 6 nitrogen and oxygen atoms in total. The van der Waals surface area contributed by atoms with Gasteiger partial charge in [0.2, 0.25) is 0 Å². The van der Waals surface area contributed by atoms with E-state index < -0.39 is 0 Å². The van der Waals surface area contributed by atoms with Gasteiger partial charge in [-0.2, -0.15) is 0 Å². The van der Waals surface area contributed by atoms with Gasteiger partial charge in [0.25, 0.3) is 0 Å². The van der Waals surface area contributed by atoms with Crippen LogP contribution < -0.4 is 5.73 Å². The molecule has 0 bridgehead atoms. The molecular formula is C11H14BrN5O. The maximum absolute atomic E-state index is 5.82. The fourth-order valence-corrected chi connectivity index (χ4v) is 2.24. The second-order valence-electron chi connectivity index (χ2n) is 4.02. The molecule has 1 aromatic heterocycles. The highest BCUT2D eigenvalue weighted by Crippen LogP contribution is 2.25. The molecule has 96 valence electrons. The highest BCUT2D eigenvalue weighted by molar-refractivity contribution is 9.10. The van der Waals surface area contributed by atoms with E-state index >= 15 is 0 Å². The lowest BCUT2D eigenvalue weighted by atomic mass is 10.2. The van der Waals surface area contributed by atoms with Gasteiger partial charge in [-0.1, -0.05) is 15.9 Å². The molecule has 2 aromatic rings. The average molecular weight is 312 g/mol. The molecule has 1 atom stereocenters. The molecule has 1 unspecified atom stereocenters. The number of anilines is 1. The Labute approximate surface area is 113 Å². The number of hydrogen-bond donors (Lipinski definition) is 1. The molecule has 0 saturated carbocycles. The number of nitrogens with two attached hydrogens (primary N) is 1. The summed E-state index contributed by atoms with van der Waals surface area (Å²) in [7, 11) is 1.65. The van der Waals surface area contributed by atoms with E-state index in [0.29, 0.717) is 18.1 Å². The summed E-state index contributed by atoms with van der Waals surface area (Å²) in [5, 5.41) is 11.7. The van der Waals surface area contributed by atoms with E-state index in [0.717, 1.165) is 10.0 Å². The first-order valence-electron chi connectivity index (χ1n) is 5.45. The maximum atomic E-state index is 5.82. The van der Waals surface area contributed by atoms with E-state index in [1.165, 1.54) is 0 Å². The Morgan fingerprint density at radius 3 is 2.89 bits per heavy atom. The average Bonchev–Trinajstić information content (AvgIpc) is 2.76. The third-order valence-electron chi connectivity index (χ3n) is 2.50. The van der Waals surface area contributed by atoms with Crippen molar-refractivity contribution in [3.63, 3.8) is 0 Å². The number of tetrazole rings is 1. The van der Waals surface area contributed by atoms with Gasteiger partial charge in [-0.25, -0.2) is 4.68 Å². The van der Waals surface area contributed by atoms with Gasteiger partial charge in [0, 0.05) is 22.8 Å². The smallest absolute Gasteiger partial charge is 0.182 e. The zero-order valence-electron chi connectivity index (χ0n) is 10.2. The fraction of sp³-hybridized carbons (Fsp3) is 0.364. The van der Waals surface area contributed by atoms with Crippen LogP contribution in [0.5, 0.6) is 0 Å². The molecule has 0 fully saturated rings. The van der Waals surface area contributed by atoms with Crippen molar-refractivity contribution in [2.45, 2.75) is 13.0 Å². The lowest BCUT2D eigenvalue weighted by molar-refractivity contribution is 0.156. The van der Waals surface area contributed by atoms with Crippen LogP contribution in [0.4, 0.5) is 5.69 Å². The van der Waals surface area contributed by atoms with Crippen LogP contribution in [0.15, 0.2) is 22.7 Å². The zero-order valence-corrected chi connectivity index (χ0v) is 11.8. The Hall–Kier alpha value is -1.47. The molecule has 0 amide bonds. The monoisotopic (exact) mass is 311 g/mol. The number of rotatable bonds is 4. The number of methoxy groups -OCH3 is 1. The zero-order chi connectivity index (χ0) is 13.1. The summed E-state index contributed by atoms with van der Waals surface area (Å²) in [5.41, 5.74) is 7.35. The van der Waals surface area contributed by atoms with Gasteiger partial charge >= 0.3 is 0 Å². The largest absolute Gasteiger partial charge is 0.399 e. The van der Waals surface area contributed by atoms with Gasteiger partial charge in [-0.05, 0) is 35.5 Å². The third-order valence-corrected chi connectivity index (χ3v) is 2.95. The Bertz CT molecular complexity index is 522. The standard InChI is InChI=1S/C11H14BrN5O/c1-7(6-18-2)17-11(14-15-16-17)8-3-9(12)5-10(13)4-8/h3-5,7H,6,13H2,1-2H3. The molecule has 18 heavy (non-hydrogen) atoms. The van der Waals surface area contributed by atoms with Crippen molar-refractivity contribution in [2.75, 3.05) is 19.5 Å². The molecular weight excluding hydrogens is 298 g/mol. The van der Waals surface area contributed by atoms with Crippen LogP contribution in [0.1, 0.15) is 13.0 Å². The Balaban J connectivity index is 2.42. The number of halogens is 1. The van der Waals surface area contributed by atoms with Gasteiger partial charge in [-0.15, -0.1) is 5.10 Å². The summed E-state index contributed by atoms with van der Waals surface area (Å²) in [4.78, 5) is 0. The summed E-state index contributed by atoms with van der Waals surface area (Å²) in [6, 6.07) is 5.65. The summed E-state index contributed by atoms with van der Waals surface area (Å²) >= 11 is 3.41. The minimum Gasteiger partial charge on any atom is -0.399 e. The lowest BCUT2D eigenvalue weighted by Crippen LogP contribution is -2.14. The molecule has 0 saturated heterocycles. The Kier molecular flexibility index (Phi) is 3.93. The molecule has 0 spiro atoms. The van der Waals surface area contributed by atoms with E-state index in [2.05, 4.69) is 31.5 Å². The number of hydrogen-bond acceptors (Lipinski definition) is 5. The quantitative estimate of drug-likeness (QED) is 0.872. The first-order valence-corrected chi connectivity index (χ1v) is 6.24. The molecule has 0 aliphatic carbocycles. The number of ether oxygens (including phenoxy) is 1. The van der Waals surface area contributed by atoms with Crippen molar-refractivity contribution >= 4 is 21.6 Å². The molecule has 0 aliphatic rings. The van der Waals surface area contributed by atoms with Gasteiger partial charge in [-0.3, -0.25) is 0 Å². The third kappa shape index (κ3) is 2.68. The van der Waals surface area contributed by atoms with Crippen molar-refractivity contribution in [1.82, 2.24) is 20.2 Å². The van der Waals surface area contributed by atoms with E-state index in [9.17, 15) is 0 Å². The molecule has 0 aliphatic heterocycles. The van der Waals surface area contributed by atoms with Crippen molar-refractivity contribution in [3.05, 3.63) is 22.7 Å². The number of nitrogen functional groups attached to an aromatic ring is 1. The maximum Gasteiger partial charge on any atom is 0.182 e. The lowest BCUT2D eigenvalue weighted by Gasteiger charge is -2.12. The Morgan fingerprint density at radius 2 is 2.22 bits per heavy atom. The van der Waals surface area contributed by atoms with Gasteiger partial charge < -0.3 is 10.5 Å². The van der Waals surface area contributed by atoms with E-state index in [1.807, 2.05) is 25.1 Å². The molecule has 1 aromatic carbocycles. The molecule has 7 heteroatoms. The van der Waals surface area contributed by atoms with E-state index in [4.69, 9.17) is 10.5 Å². The van der Waals surface area contributed by atoms with Crippen LogP contribution in [0, 0.1) is 0 Å². The SMILES string of the molecule is COCC(C)n1nnnc1-c1cc(N)cc(Br)c1. The molecule has 0 radical (unpaired) electrons. The minimum atomic E-state index is 0.0557. The van der Waals surface area contributed by atoms with E-state index in [1.54, 1.807) is 11.8 Å². The number of aromatic nitrogens is 4. The first-order chi connectivity index (χ1) is 8.61. The van der Waals surface area contributed by atoms with Crippen molar-refractivity contribution in [3.8, 4) is 11.4 Å². The fourth-order valence-electron chi connectivity index (χ4n) is 1.73. The minimum absolute atomic E-state index is 0.0557. The van der Waals surface area contributed by atoms with Gasteiger partial charge in [0.1, 0.15) is 0 Å². The molecule has 1 heterocycles. The molecule has 2 N–H and O–H groups in total. The van der Waals surface area contributed by atoms with Crippen LogP contribution in [0.3, 0.4) is 0 Å². The van der Waals surface area contributed by atoms with Crippen molar-refractivity contribution in [1.29, 1.82) is 0 Å². The second kappa shape index (κ2) is 5.45. The van der Waals surface area contributed by atoms with Gasteiger partial charge in [0.05, 0.1) is 12.6 Å². The number of benzene rings is 1. The normalized spacial score (nSPS) is 12.6. The van der Waals surface area contributed by atoms with E-state index in [-0.39, 0.29) is 6.04 Å². The Morgan fingerprint density at radius 1 is 1.44 bits per heavy atom. The van der Waals surface area contributed by atoms with Crippen LogP contribution in [-0.2, 0) is 4.74 Å². The van der Waals surface area contributed by atoms with Crippen LogP contribution in [0.25, 0.3) is 11.4 Å². The highest BCUT2D eigenvalue weighted by atomic mass is 79.9. The summed E-state index contributed by atoms with van der Waals surface area (Å²) in [5.74, 6) is 0.674. The highest BCUT2D eigenvalue weighted by Gasteiger charge is 2.15. The van der Waals surface area contributed by atoms with Crippen molar-refractivity contribution < 1.29 is 4.74 Å². The molecule has 2 rings (SSSR count). The topological polar surface area (TPSA) is 78.8 Å². The van der Waals surface area contributed by atoms with Crippen LogP contribution >= 0.6 is 15.9 Å².